The van der Waals surface area contributed by atoms with Gasteiger partial charge in [0.15, 0.2) is 0 Å². The maximum atomic E-state index is 12.6. The number of hydrogen-bond acceptors (Lipinski definition) is 2. The molecule has 1 fully saturated rings. The van der Waals surface area contributed by atoms with Crippen LogP contribution < -0.4 is 4.74 Å². The molecule has 1 unspecified atom stereocenters. The summed E-state index contributed by atoms with van der Waals surface area (Å²) in [6, 6.07) is 16.2. The van der Waals surface area contributed by atoms with Crippen LogP contribution in [0.25, 0.3) is 0 Å². The first-order valence-corrected chi connectivity index (χ1v) is 13.5. The third-order valence-corrected chi connectivity index (χ3v) is 7.60. The van der Waals surface area contributed by atoms with Crippen LogP contribution in [-0.2, 0) is 6.42 Å². The second-order valence-corrected chi connectivity index (χ2v) is 10.3. The largest absolute Gasteiger partial charge is 0.423 e. The Morgan fingerprint density at radius 2 is 1.55 bits per heavy atom. The van der Waals surface area contributed by atoms with Crippen molar-refractivity contribution in [2.75, 3.05) is 0 Å². The topological polar surface area (TPSA) is 26.3 Å². The van der Waals surface area contributed by atoms with Gasteiger partial charge >= 0.3 is 5.97 Å². The van der Waals surface area contributed by atoms with Crippen molar-refractivity contribution in [2.45, 2.75) is 104 Å². The van der Waals surface area contributed by atoms with Crippen LogP contribution in [0.3, 0.4) is 0 Å². The lowest BCUT2D eigenvalue weighted by Crippen LogP contribution is -2.16. The molecule has 0 heterocycles. The highest BCUT2D eigenvalue weighted by molar-refractivity contribution is 5.91. The summed E-state index contributed by atoms with van der Waals surface area (Å²) in [4.78, 5) is 12.6. The minimum Gasteiger partial charge on any atom is -0.423 e. The molecule has 0 amide bonds. The molecule has 3 rings (SSSR count). The fourth-order valence-electron chi connectivity index (χ4n) is 5.18. The molecule has 0 radical (unpaired) electrons. The molecule has 2 aromatic carbocycles. The van der Waals surface area contributed by atoms with Crippen LogP contribution in [0.4, 0.5) is 0 Å². The summed E-state index contributed by atoms with van der Waals surface area (Å²) in [5, 5.41) is 0. The molecule has 33 heavy (non-hydrogen) atoms. The molecule has 2 heteroatoms. The fraction of sp³-hybridized carbons (Fsp3) is 0.581. The Balaban J connectivity index is 1.45. The van der Waals surface area contributed by atoms with E-state index < -0.39 is 0 Å². The lowest BCUT2D eigenvalue weighted by Gasteiger charge is -2.30. The average Bonchev–Trinajstić information content (AvgIpc) is 2.85. The molecule has 0 N–H and O–H groups in total. The van der Waals surface area contributed by atoms with E-state index in [-0.39, 0.29) is 5.97 Å². The van der Waals surface area contributed by atoms with E-state index in [9.17, 15) is 4.79 Å². The Labute approximate surface area is 202 Å². The summed E-state index contributed by atoms with van der Waals surface area (Å²) in [5.41, 5.74) is 3.32. The lowest BCUT2D eigenvalue weighted by atomic mass is 9.75. The standard InChI is InChI=1S/C31H44O2/c1-4-6-7-8-9-10-25-13-21-30(22-14-25)33-31(32)29-19-17-28(18-20-29)27-15-11-26(12-16-27)23-24(3)5-2/h13-14,17-22,24,26-27H,4-12,15-16,23H2,1-3H3. The first-order chi connectivity index (χ1) is 16.1. The van der Waals surface area contributed by atoms with Crippen molar-refractivity contribution in [2.24, 2.45) is 11.8 Å². The van der Waals surface area contributed by atoms with E-state index in [0.717, 1.165) is 18.3 Å². The van der Waals surface area contributed by atoms with E-state index in [1.807, 2.05) is 24.3 Å². The smallest absolute Gasteiger partial charge is 0.343 e. The maximum absolute atomic E-state index is 12.6. The van der Waals surface area contributed by atoms with Crippen molar-refractivity contribution in [1.82, 2.24) is 0 Å². The van der Waals surface area contributed by atoms with Gasteiger partial charge in [-0.1, -0.05) is 77.1 Å². The molecule has 1 aliphatic carbocycles. The quantitative estimate of drug-likeness (QED) is 0.184. The van der Waals surface area contributed by atoms with Crippen molar-refractivity contribution in [3.05, 3.63) is 65.2 Å². The fourth-order valence-corrected chi connectivity index (χ4v) is 5.18. The highest BCUT2D eigenvalue weighted by Crippen LogP contribution is 2.38. The average molecular weight is 449 g/mol. The van der Waals surface area contributed by atoms with Crippen LogP contribution in [0.5, 0.6) is 5.75 Å². The van der Waals surface area contributed by atoms with Gasteiger partial charge in [0.1, 0.15) is 5.75 Å². The summed E-state index contributed by atoms with van der Waals surface area (Å²) in [6.45, 7) is 6.93. The normalized spacial score (nSPS) is 19.2. The zero-order valence-corrected chi connectivity index (χ0v) is 21.2. The molecule has 180 valence electrons. The lowest BCUT2D eigenvalue weighted by molar-refractivity contribution is 0.0734. The second-order valence-electron chi connectivity index (χ2n) is 10.3. The molecule has 1 aliphatic rings. The first kappa shape index (κ1) is 25.5. The molecular weight excluding hydrogens is 404 g/mol. The van der Waals surface area contributed by atoms with Gasteiger partial charge in [0.2, 0.25) is 0 Å². The Kier molecular flexibility index (Phi) is 10.5. The van der Waals surface area contributed by atoms with E-state index in [4.69, 9.17) is 4.74 Å². The minimum absolute atomic E-state index is 0.272. The second kappa shape index (κ2) is 13.6. The maximum Gasteiger partial charge on any atom is 0.343 e. The number of hydrogen-bond donors (Lipinski definition) is 0. The number of carbonyl (C=O) groups excluding carboxylic acids is 1. The van der Waals surface area contributed by atoms with E-state index in [1.54, 1.807) is 0 Å². The molecule has 0 aliphatic heterocycles. The van der Waals surface area contributed by atoms with E-state index in [1.165, 1.54) is 81.8 Å². The van der Waals surface area contributed by atoms with Crippen LogP contribution in [0.1, 0.15) is 119 Å². The zero-order chi connectivity index (χ0) is 23.5. The van der Waals surface area contributed by atoms with Crippen LogP contribution in [0, 0.1) is 11.8 Å². The summed E-state index contributed by atoms with van der Waals surface area (Å²) < 4.78 is 5.62. The molecule has 0 saturated heterocycles. The van der Waals surface area contributed by atoms with Crippen LogP contribution >= 0.6 is 0 Å². The number of ether oxygens (including phenoxy) is 1. The molecule has 0 spiro atoms. The molecule has 1 atom stereocenters. The summed E-state index contributed by atoms with van der Waals surface area (Å²) in [7, 11) is 0. The summed E-state index contributed by atoms with van der Waals surface area (Å²) in [5.74, 6) is 2.74. The predicted molar refractivity (Wildman–Crippen MR) is 139 cm³/mol. The highest BCUT2D eigenvalue weighted by Gasteiger charge is 2.23. The number of carbonyl (C=O) groups is 1. The third kappa shape index (κ3) is 8.32. The molecule has 0 aromatic heterocycles. The van der Waals surface area contributed by atoms with Gasteiger partial charge in [-0.05, 0) is 98.1 Å². The number of esters is 1. The summed E-state index contributed by atoms with van der Waals surface area (Å²) >= 11 is 0. The molecule has 1 saturated carbocycles. The Bertz CT molecular complexity index is 813. The Morgan fingerprint density at radius 3 is 2.18 bits per heavy atom. The monoisotopic (exact) mass is 448 g/mol. The van der Waals surface area contributed by atoms with Gasteiger partial charge in [-0.3, -0.25) is 0 Å². The van der Waals surface area contributed by atoms with Gasteiger partial charge < -0.3 is 4.74 Å². The number of aryl methyl sites for hydroxylation is 1. The van der Waals surface area contributed by atoms with Crippen molar-refractivity contribution in [3.8, 4) is 5.75 Å². The number of benzene rings is 2. The Hall–Kier alpha value is -2.09. The van der Waals surface area contributed by atoms with E-state index >= 15 is 0 Å². The first-order valence-electron chi connectivity index (χ1n) is 13.5. The van der Waals surface area contributed by atoms with Crippen LogP contribution in [0.2, 0.25) is 0 Å². The van der Waals surface area contributed by atoms with Crippen molar-refractivity contribution in [1.29, 1.82) is 0 Å². The molecule has 2 nitrogen and oxygen atoms in total. The van der Waals surface area contributed by atoms with Gasteiger partial charge in [-0.15, -0.1) is 0 Å². The Morgan fingerprint density at radius 1 is 0.879 bits per heavy atom. The number of rotatable bonds is 12. The van der Waals surface area contributed by atoms with Crippen LogP contribution in [-0.4, -0.2) is 5.97 Å². The number of unbranched alkanes of at least 4 members (excludes halogenated alkanes) is 4. The summed E-state index contributed by atoms with van der Waals surface area (Å²) in [6.07, 6.45) is 15.5. The van der Waals surface area contributed by atoms with Gasteiger partial charge in [-0.25, -0.2) is 4.79 Å². The molecular formula is C31H44O2. The van der Waals surface area contributed by atoms with Gasteiger partial charge in [-0.2, -0.15) is 0 Å². The van der Waals surface area contributed by atoms with Gasteiger partial charge in [0.05, 0.1) is 5.56 Å². The third-order valence-electron chi connectivity index (χ3n) is 7.60. The highest BCUT2D eigenvalue weighted by atomic mass is 16.5. The van der Waals surface area contributed by atoms with E-state index in [2.05, 4.69) is 45.0 Å². The van der Waals surface area contributed by atoms with Crippen molar-refractivity contribution in [3.63, 3.8) is 0 Å². The molecule has 0 bridgehead atoms. The van der Waals surface area contributed by atoms with Crippen molar-refractivity contribution < 1.29 is 9.53 Å². The zero-order valence-electron chi connectivity index (χ0n) is 21.2. The SMILES string of the molecule is CCCCCCCc1ccc(OC(=O)c2ccc(C3CCC(CC(C)CC)CC3)cc2)cc1. The van der Waals surface area contributed by atoms with Crippen molar-refractivity contribution >= 4 is 5.97 Å². The minimum atomic E-state index is -0.272. The van der Waals surface area contributed by atoms with E-state index in [0.29, 0.717) is 17.2 Å². The van der Waals surface area contributed by atoms with Crippen LogP contribution in [0.15, 0.2) is 48.5 Å². The van der Waals surface area contributed by atoms with Gasteiger partial charge in [0.25, 0.3) is 0 Å². The molecule has 2 aromatic rings. The van der Waals surface area contributed by atoms with Gasteiger partial charge in [0, 0.05) is 0 Å². The predicted octanol–water partition coefficient (Wildman–Crippen LogP) is 9.13.